The molecule has 2 atom stereocenters. The maximum Gasteiger partial charge on any atom is 0.211 e. The summed E-state index contributed by atoms with van der Waals surface area (Å²) in [6.45, 7) is 8.66. The summed E-state index contributed by atoms with van der Waals surface area (Å²) in [7, 11) is 1.77. The lowest BCUT2D eigenvalue weighted by Crippen LogP contribution is -2.51. The Morgan fingerprint density at radius 3 is 2.88 bits per heavy atom. The zero-order valence-electron chi connectivity index (χ0n) is 19.0. The number of allylic oxidation sites excluding steroid dienone is 3. The number of thioether (sulfide) groups is 1. The predicted molar refractivity (Wildman–Crippen MR) is 134 cm³/mol. The Morgan fingerprint density at radius 2 is 2.18 bits per heavy atom. The first-order valence-corrected chi connectivity index (χ1v) is 12.0. The van der Waals surface area contributed by atoms with E-state index in [2.05, 4.69) is 37.8 Å². The number of nitrogens with two attached hydrogens (primary N) is 1. The molecule has 3 aliphatic heterocycles. The maximum atomic E-state index is 6.50. The lowest BCUT2D eigenvalue weighted by molar-refractivity contribution is 0.0973. The first-order chi connectivity index (χ1) is 16.1. The molecule has 0 aromatic carbocycles. The van der Waals surface area contributed by atoms with Gasteiger partial charge in [0.2, 0.25) is 5.95 Å². The number of fused-ring (bicyclic) bond motifs is 1. The Hall–Kier alpha value is -2.75. The summed E-state index contributed by atoms with van der Waals surface area (Å²) in [6.07, 6.45) is 15.2. The van der Waals surface area contributed by atoms with Crippen molar-refractivity contribution < 1.29 is 4.74 Å². The standard InChI is InChI=1S/C24H29N7OS/c1-4-19(17-5-8-27-13-18(17)26-3)33-20-14-29-23(31-12-9-28-22(20)31)30-10-6-24(7-11-30)15-32-16(2)21(24)25/h4-5,8-9,12-14,16,21H,1,6-7,10-11,15,25H2,2-3H3/b19-17+,26-18-/t16-,21+/m0/s1. The number of anilines is 1. The van der Waals surface area contributed by atoms with Crippen molar-refractivity contribution in [1.82, 2.24) is 14.4 Å². The highest BCUT2D eigenvalue weighted by molar-refractivity contribution is 8.03. The van der Waals surface area contributed by atoms with Crippen LogP contribution in [-0.4, -0.2) is 65.2 Å². The molecule has 33 heavy (non-hydrogen) atoms. The van der Waals surface area contributed by atoms with Crippen LogP contribution in [0.15, 0.2) is 68.9 Å². The highest BCUT2D eigenvalue weighted by Crippen LogP contribution is 2.42. The van der Waals surface area contributed by atoms with Crippen molar-refractivity contribution in [3.8, 4) is 0 Å². The first kappa shape index (κ1) is 22.1. The molecular weight excluding hydrogens is 434 g/mol. The minimum Gasteiger partial charge on any atom is -0.376 e. The van der Waals surface area contributed by atoms with Crippen molar-refractivity contribution in [2.75, 3.05) is 31.6 Å². The van der Waals surface area contributed by atoms with E-state index in [4.69, 9.17) is 15.5 Å². The van der Waals surface area contributed by atoms with E-state index >= 15 is 0 Å². The van der Waals surface area contributed by atoms with Crippen molar-refractivity contribution in [1.29, 1.82) is 0 Å². The topological polar surface area (TPSA) is 93.4 Å². The van der Waals surface area contributed by atoms with Gasteiger partial charge in [0.05, 0.1) is 29.5 Å². The Morgan fingerprint density at radius 1 is 1.36 bits per heavy atom. The maximum absolute atomic E-state index is 6.50. The van der Waals surface area contributed by atoms with Crippen LogP contribution in [0.1, 0.15) is 19.8 Å². The van der Waals surface area contributed by atoms with Gasteiger partial charge in [-0.15, -0.1) is 0 Å². The number of nitrogens with zero attached hydrogens (tertiary/aromatic N) is 6. The number of hydrogen-bond donors (Lipinski definition) is 1. The zero-order chi connectivity index (χ0) is 23.0. The highest BCUT2D eigenvalue weighted by Gasteiger charge is 2.47. The minimum atomic E-state index is 0.0835. The van der Waals surface area contributed by atoms with Gasteiger partial charge in [0.15, 0.2) is 5.65 Å². The van der Waals surface area contributed by atoms with E-state index < -0.39 is 0 Å². The van der Waals surface area contributed by atoms with Crippen molar-refractivity contribution in [2.24, 2.45) is 21.1 Å². The fourth-order valence-electron chi connectivity index (χ4n) is 4.91. The molecule has 172 valence electrons. The smallest absolute Gasteiger partial charge is 0.211 e. The molecule has 2 fully saturated rings. The lowest BCUT2D eigenvalue weighted by atomic mass is 9.73. The average Bonchev–Trinajstić information content (AvgIpc) is 3.45. The second-order valence-corrected chi connectivity index (χ2v) is 9.81. The summed E-state index contributed by atoms with van der Waals surface area (Å²) < 4.78 is 7.95. The Bertz CT molecular complexity index is 1190. The molecule has 8 nitrogen and oxygen atoms in total. The number of aliphatic imine (C=N–C) groups is 2. The van der Waals surface area contributed by atoms with Crippen LogP contribution in [0.4, 0.5) is 5.95 Å². The molecule has 0 saturated carbocycles. The van der Waals surface area contributed by atoms with Gasteiger partial charge >= 0.3 is 0 Å². The fourth-order valence-corrected chi connectivity index (χ4v) is 5.86. The molecule has 0 bridgehead atoms. The van der Waals surface area contributed by atoms with Crippen LogP contribution >= 0.6 is 11.8 Å². The van der Waals surface area contributed by atoms with E-state index in [0.717, 1.165) is 65.2 Å². The molecule has 0 unspecified atom stereocenters. The van der Waals surface area contributed by atoms with Gasteiger partial charge in [0, 0.05) is 66.9 Å². The van der Waals surface area contributed by atoms with Crippen LogP contribution < -0.4 is 10.6 Å². The third-order valence-electron chi connectivity index (χ3n) is 6.97. The van der Waals surface area contributed by atoms with E-state index in [1.165, 1.54) is 0 Å². The number of hydrogen-bond acceptors (Lipinski definition) is 8. The Balaban J connectivity index is 1.41. The molecule has 0 amide bonds. The molecule has 0 radical (unpaired) electrons. The summed E-state index contributed by atoms with van der Waals surface area (Å²) in [4.78, 5) is 22.3. The molecule has 2 N–H and O–H groups in total. The van der Waals surface area contributed by atoms with E-state index in [9.17, 15) is 0 Å². The molecule has 3 aliphatic rings. The molecule has 2 saturated heterocycles. The highest BCUT2D eigenvalue weighted by atomic mass is 32.2. The monoisotopic (exact) mass is 463 g/mol. The van der Waals surface area contributed by atoms with Crippen molar-refractivity contribution >= 4 is 35.3 Å². The Kier molecular flexibility index (Phi) is 5.94. The van der Waals surface area contributed by atoms with Gasteiger partial charge in [-0.3, -0.25) is 14.4 Å². The van der Waals surface area contributed by atoms with Crippen LogP contribution in [0.2, 0.25) is 0 Å². The number of piperidine rings is 1. The summed E-state index contributed by atoms with van der Waals surface area (Å²) in [5, 5.41) is 0. The van der Waals surface area contributed by atoms with Crippen LogP contribution in [0, 0.1) is 5.41 Å². The van der Waals surface area contributed by atoms with E-state index in [-0.39, 0.29) is 17.6 Å². The molecule has 0 aliphatic carbocycles. The first-order valence-electron chi connectivity index (χ1n) is 11.2. The van der Waals surface area contributed by atoms with Gasteiger partial charge in [0.1, 0.15) is 0 Å². The molecule has 5 rings (SSSR count). The number of ether oxygens (including phenoxy) is 1. The van der Waals surface area contributed by atoms with Gasteiger partial charge in [-0.05, 0) is 25.8 Å². The second-order valence-electron chi connectivity index (χ2n) is 8.72. The number of aromatic nitrogens is 3. The quantitative estimate of drug-likeness (QED) is 0.700. The molecule has 9 heteroatoms. The normalized spacial score (nSPS) is 27.1. The Labute approximate surface area is 198 Å². The van der Waals surface area contributed by atoms with Gasteiger partial charge in [-0.1, -0.05) is 24.4 Å². The second kappa shape index (κ2) is 8.89. The van der Waals surface area contributed by atoms with E-state index in [1.54, 1.807) is 31.2 Å². The number of imidazole rings is 1. The minimum absolute atomic E-state index is 0.0835. The molecule has 2 aromatic rings. The summed E-state index contributed by atoms with van der Waals surface area (Å²) in [5.74, 6) is 0.913. The molecule has 1 spiro atoms. The predicted octanol–water partition coefficient (Wildman–Crippen LogP) is 3.26. The third kappa shape index (κ3) is 3.84. The SMILES string of the molecule is C=C/C(Sc1cnc(N2CCC3(CC2)CO[C@@H](C)[C@H]3N)n2ccnc12)=C1/C=CN=C/C1=N/C. The van der Waals surface area contributed by atoms with Gasteiger partial charge in [0.25, 0.3) is 0 Å². The molecule has 2 aromatic heterocycles. The largest absolute Gasteiger partial charge is 0.376 e. The average molecular weight is 464 g/mol. The van der Waals surface area contributed by atoms with Gasteiger partial charge in [-0.2, -0.15) is 0 Å². The van der Waals surface area contributed by atoms with Crippen LogP contribution in [0.25, 0.3) is 5.65 Å². The van der Waals surface area contributed by atoms with E-state index in [1.807, 2.05) is 30.7 Å². The van der Waals surface area contributed by atoms with Gasteiger partial charge in [-0.25, -0.2) is 9.97 Å². The van der Waals surface area contributed by atoms with Crippen LogP contribution in [0.3, 0.4) is 0 Å². The van der Waals surface area contributed by atoms with E-state index in [0.29, 0.717) is 0 Å². The summed E-state index contributed by atoms with van der Waals surface area (Å²) in [6, 6.07) is 0.0976. The van der Waals surface area contributed by atoms with Crippen molar-refractivity contribution in [2.45, 2.75) is 36.8 Å². The van der Waals surface area contributed by atoms with Crippen LogP contribution in [-0.2, 0) is 4.74 Å². The molecular formula is C24H29N7OS. The summed E-state index contributed by atoms with van der Waals surface area (Å²) in [5.41, 5.74) is 9.28. The van der Waals surface area contributed by atoms with Crippen molar-refractivity contribution in [3.05, 3.63) is 54.0 Å². The molecule has 5 heterocycles. The zero-order valence-corrected chi connectivity index (χ0v) is 19.8. The fraction of sp³-hybridized carbons (Fsp3) is 0.417. The summed E-state index contributed by atoms with van der Waals surface area (Å²) >= 11 is 1.59. The lowest BCUT2D eigenvalue weighted by Gasteiger charge is -2.41. The van der Waals surface area contributed by atoms with Crippen LogP contribution in [0.5, 0.6) is 0 Å². The number of rotatable bonds is 4. The van der Waals surface area contributed by atoms with Gasteiger partial charge < -0.3 is 15.4 Å². The third-order valence-corrected chi connectivity index (χ3v) is 8.09. The van der Waals surface area contributed by atoms with Crippen molar-refractivity contribution in [3.63, 3.8) is 0 Å².